The van der Waals surface area contributed by atoms with Gasteiger partial charge in [0.15, 0.2) is 0 Å². The van der Waals surface area contributed by atoms with Crippen molar-refractivity contribution in [1.29, 1.82) is 0 Å². The van der Waals surface area contributed by atoms with Gasteiger partial charge in [-0.25, -0.2) is 0 Å². The van der Waals surface area contributed by atoms with Gasteiger partial charge in [-0.3, -0.25) is 9.59 Å². The number of hydrogen-bond acceptors (Lipinski definition) is 6. The Hall–Kier alpha value is -2.48. The van der Waals surface area contributed by atoms with Crippen molar-refractivity contribution in [3.8, 4) is 5.75 Å². The van der Waals surface area contributed by atoms with Crippen molar-refractivity contribution in [3.05, 3.63) is 29.3 Å². The Morgan fingerprint density at radius 2 is 2.12 bits per heavy atom. The van der Waals surface area contributed by atoms with Crippen molar-refractivity contribution in [1.82, 2.24) is 10.2 Å². The predicted molar refractivity (Wildman–Crippen MR) is 101 cm³/mol. The van der Waals surface area contributed by atoms with Crippen LogP contribution in [0.5, 0.6) is 5.75 Å². The number of nitrogens with zero attached hydrogens (tertiary/aromatic N) is 3. The van der Waals surface area contributed by atoms with Crippen molar-refractivity contribution in [2.75, 3.05) is 23.9 Å². The summed E-state index contributed by atoms with van der Waals surface area (Å²) in [5, 5.41) is 12.3. The molecule has 3 rings (SSSR count). The zero-order valence-corrected chi connectivity index (χ0v) is 16.1. The van der Waals surface area contributed by atoms with Crippen LogP contribution in [0, 0.1) is 5.92 Å². The first-order valence-corrected chi connectivity index (χ1v) is 9.19. The Kier molecular flexibility index (Phi) is 4.95. The Morgan fingerprint density at radius 3 is 2.77 bits per heavy atom. The van der Waals surface area contributed by atoms with Crippen LogP contribution in [-0.4, -0.2) is 35.7 Å². The van der Waals surface area contributed by atoms with Crippen LogP contribution in [0.4, 0.5) is 10.8 Å². The molecule has 138 valence electrons. The minimum absolute atomic E-state index is 0.0777. The molecular weight excluding hydrogens is 352 g/mol. The standard InChI is InChI=1S/C18H22N4O3S/c1-18(2,3)16-20-21-17(26-16)19-15(24)11-8-14(23)22(10-11)12-6-5-7-13(9-12)25-4/h5-7,9,11H,8,10H2,1-4H3,(H,19,21,24). The Bertz CT molecular complexity index is 828. The molecule has 0 aliphatic carbocycles. The second-order valence-electron chi connectivity index (χ2n) is 7.26. The molecule has 1 aliphatic rings. The van der Waals surface area contributed by atoms with E-state index in [1.807, 2.05) is 39.0 Å². The molecule has 1 fully saturated rings. The molecule has 1 aromatic heterocycles. The first-order chi connectivity index (χ1) is 12.3. The number of carbonyl (C=O) groups excluding carboxylic acids is 2. The molecular formula is C18H22N4O3S. The van der Waals surface area contributed by atoms with Crippen LogP contribution in [0.1, 0.15) is 32.2 Å². The first kappa shape index (κ1) is 18.3. The summed E-state index contributed by atoms with van der Waals surface area (Å²) in [6.45, 7) is 6.46. The summed E-state index contributed by atoms with van der Waals surface area (Å²) in [6.07, 6.45) is 0.175. The minimum atomic E-state index is -0.421. The minimum Gasteiger partial charge on any atom is -0.497 e. The van der Waals surface area contributed by atoms with Crippen LogP contribution in [0.25, 0.3) is 0 Å². The molecule has 7 nitrogen and oxygen atoms in total. The average Bonchev–Trinajstić information content (AvgIpc) is 3.21. The van der Waals surface area contributed by atoms with E-state index in [-0.39, 0.29) is 23.7 Å². The molecule has 1 saturated heterocycles. The average molecular weight is 374 g/mol. The molecule has 0 radical (unpaired) electrons. The zero-order chi connectivity index (χ0) is 18.9. The molecule has 1 aromatic carbocycles. The first-order valence-electron chi connectivity index (χ1n) is 8.37. The molecule has 1 atom stereocenters. The highest BCUT2D eigenvalue weighted by Gasteiger charge is 2.35. The molecule has 1 aliphatic heterocycles. The van der Waals surface area contributed by atoms with Gasteiger partial charge < -0.3 is 15.0 Å². The fourth-order valence-corrected chi connectivity index (χ4v) is 3.50. The molecule has 1 N–H and O–H groups in total. The zero-order valence-electron chi connectivity index (χ0n) is 15.3. The molecule has 0 spiro atoms. The van der Waals surface area contributed by atoms with Crippen LogP contribution >= 0.6 is 11.3 Å². The maximum Gasteiger partial charge on any atom is 0.231 e. The molecule has 1 unspecified atom stereocenters. The van der Waals surface area contributed by atoms with E-state index in [9.17, 15) is 9.59 Å². The van der Waals surface area contributed by atoms with Crippen LogP contribution in [0.2, 0.25) is 0 Å². The number of hydrogen-bond donors (Lipinski definition) is 1. The van der Waals surface area contributed by atoms with E-state index in [1.54, 1.807) is 18.1 Å². The lowest BCUT2D eigenvalue weighted by molar-refractivity contribution is -0.122. The third kappa shape index (κ3) is 3.85. The molecule has 2 aromatic rings. The fraction of sp³-hybridized carbons (Fsp3) is 0.444. The third-order valence-electron chi connectivity index (χ3n) is 4.16. The maximum absolute atomic E-state index is 12.5. The van der Waals surface area contributed by atoms with Gasteiger partial charge >= 0.3 is 0 Å². The van der Waals surface area contributed by atoms with Crippen molar-refractivity contribution < 1.29 is 14.3 Å². The number of aromatic nitrogens is 2. The molecule has 0 saturated carbocycles. The summed E-state index contributed by atoms with van der Waals surface area (Å²) in [6, 6.07) is 7.26. The van der Waals surface area contributed by atoms with E-state index in [0.717, 1.165) is 10.7 Å². The van der Waals surface area contributed by atoms with E-state index < -0.39 is 5.92 Å². The molecule has 26 heavy (non-hydrogen) atoms. The van der Waals surface area contributed by atoms with Gasteiger partial charge in [0.25, 0.3) is 0 Å². The van der Waals surface area contributed by atoms with Crippen LogP contribution in [0.15, 0.2) is 24.3 Å². The number of nitrogens with one attached hydrogen (secondary N) is 1. The number of carbonyl (C=O) groups is 2. The van der Waals surface area contributed by atoms with Crippen LogP contribution in [-0.2, 0) is 15.0 Å². The second kappa shape index (κ2) is 7.03. The predicted octanol–water partition coefficient (Wildman–Crippen LogP) is 2.84. The summed E-state index contributed by atoms with van der Waals surface area (Å²) in [5.41, 5.74) is 0.614. The number of ether oxygens (including phenoxy) is 1. The third-order valence-corrected chi connectivity index (χ3v) is 5.42. The highest BCUT2D eigenvalue weighted by Crippen LogP contribution is 2.30. The number of methoxy groups -OCH3 is 1. The van der Waals surface area contributed by atoms with E-state index in [1.165, 1.54) is 11.3 Å². The molecule has 0 bridgehead atoms. The largest absolute Gasteiger partial charge is 0.497 e. The summed E-state index contributed by atoms with van der Waals surface area (Å²) >= 11 is 1.36. The van der Waals surface area contributed by atoms with Gasteiger partial charge in [0, 0.05) is 30.1 Å². The summed E-state index contributed by atoms with van der Waals surface area (Å²) in [7, 11) is 1.58. The fourth-order valence-electron chi connectivity index (χ4n) is 2.70. The quantitative estimate of drug-likeness (QED) is 0.890. The molecule has 2 heterocycles. The number of amides is 2. The van der Waals surface area contributed by atoms with Gasteiger partial charge in [-0.1, -0.05) is 38.2 Å². The number of anilines is 2. The number of benzene rings is 1. The molecule has 8 heteroatoms. The molecule has 2 amide bonds. The Balaban J connectivity index is 1.68. The van der Waals surface area contributed by atoms with Gasteiger partial charge in [-0.05, 0) is 12.1 Å². The normalized spacial score (nSPS) is 17.5. The lowest BCUT2D eigenvalue weighted by Crippen LogP contribution is -2.28. The topological polar surface area (TPSA) is 84.4 Å². The second-order valence-corrected chi connectivity index (χ2v) is 8.24. The van der Waals surface area contributed by atoms with E-state index >= 15 is 0 Å². The van der Waals surface area contributed by atoms with Crippen molar-refractivity contribution in [2.24, 2.45) is 5.92 Å². The highest BCUT2D eigenvalue weighted by atomic mass is 32.1. The lowest BCUT2D eigenvalue weighted by Gasteiger charge is -2.17. The monoisotopic (exact) mass is 374 g/mol. The van der Waals surface area contributed by atoms with Crippen molar-refractivity contribution >= 4 is 34.0 Å². The van der Waals surface area contributed by atoms with Gasteiger partial charge in [-0.15, -0.1) is 10.2 Å². The van der Waals surface area contributed by atoms with Gasteiger partial charge in [0.2, 0.25) is 16.9 Å². The van der Waals surface area contributed by atoms with Crippen LogP contribution < -0.4 is 15.0 Å². The van der Waals surface area contributed by atoms with E-state index in [2.05, 4.69) is 15.5 Å². The number of rotatable bonds is 4. The van der Waals surface area contributed by atoms with Crippen molar-refractivity contribution in [3.63, 3.8) is 0 Å². The van der Waals surface area contributed by atoms with Gasteiger partial charge in [-0.2, -0.15) is 0 Å². The van der Waals surface area contributed by atoms with E-state index in [4.69, 9.17) is 4.74 Å². The summed E-state index contributed by atoms with van der Waals surface area (Å²) in [4.78, 5) is 26.5. The van der Waals surface area contributed by atoms with E-state index in [0.29, 0.717) is 17.4 Å². The van der Waals surface area contributed by atoms with Gasteiger partial charge in [0.1, 0.15) is 10.8 Å². The van der Waals surface area contributed by atoms with Crippen molar-refractivity contribution in [2.45, 2.75) is 32.6 Å². The summed E-state index contributed by atoms with van der Waals surface area (Å²) < 4.78 is 5.20. The summed E-state index contributed by atoms with van der Waals surface area (Å²) in [5.74, 6) is -0.0335. The Labute approximate surface area is 156 Å². The maximum atomic E-state index is 12.5. The Morgan fingerprint density at radius 1 is 1.35 bits per heavy atom. The smallest absolute Gasteiger partial charge is 0.231 e. The highest BCUT2D eigenvalue weighted by molar-refractivity contribution is 7.15. The lowest BCUT2D eigenvalue weighted by atomic mass is 9.98. The van der Waals surface area contributed by atoms with Crippen LogP contribution in [0.3, 0.4) is 0 Å². The SMILES string of the molecule is COc1cccc(N2CC(C(=O)Nc3nnc(C(C)(C)C)s3)CC2=O)c1. The van der Waals surface area contributed by atoms with Gasteiger partial charge in [0.05, 0.1) is 13.0 Å².